The predicted molar refractivity (Wildman–Crippen MR) is 134 cm³/mol. The molecule has 0 radical (unpaired) electrons. The number of nitrogens with zero attached hydrogens (tertiary/aromatic N) is 4. The molecule has 0 saturated heterocycles. The third-order valence-corrected chi connectivity index (χ3v) is 5.78. The molecule has 0 fully saturated rings. The van der Waals surface area contributed by atoms with Crippen LogP contribution in [0.2, 0.25) is 0 Å². The highest BCUT2D eigenvalue weighted by atomic mass is 16.6. The largest absolute Gasteiger partial charge is 0.497 e. The Balaban J connectivity index is 1.53. The smallest absolute Gasteiger partial charge is 0.349 e. The fourth-order valence-electron chi connectivity index (χ4n) is 3.92. The molecule has 0 aliphatic rings. The summed E-state index contributed by atoms with van der Waals surface area (Å²) in [5.74, 6) is 0.472. The third kappa shape index (κ3) is 5.05. The van der Waals surface area contributed by atoms with Gasteiger partial charge in [0.2, 0.25) is 5.89 Å². The number of carbonyl (C=O) groups is 1. The molecule has 1 atom stereocenters. The molecule has 0 bridgehead atoms. The monoisotopic (exact) mass is 482 g/mol. The van der Waals surface area contributed by atoms with Crippen molar-refractivity contribution in [3.05, 3.63) is 88.6 Å². The predicted octanol–water partition coefficient (Wildman–Crippen LogP) is 5.67. The molecule has 2 aromatic heterocycles. The minimum absolute atomic E-state index is 0.129. The van der Waals surface area contributed by atoms with E-state index in [9.17, 15) is 10.1 Å². The number of hydrogen-bond donors (Lipinski definition) is 0. The molecule has 0 amide bonds. The number of hydrogen-bond acceptors (Lipinski definition) is 7. The lowest BCUT2D eigenvalue weighted by atomic mass is 10.1. The maximum atomic E-state index is 12.8. The first kappa shape index (κ1) is 24.5. The quantitative estimate of drug-likeness (QED) is 0.190. The Bertz CT molecular complexity index is 1470. The molecule has 0 saturated carbocycles. The third-order valence-electron chi connectivity index (χ3n) is 5.78. The van der Waals surface area contributed by atoms with Crippen LogP contribution < -0.4 is 4.74 Å². The van der Waals surface area contributed by atoms with Gasteiger partial charge in [0, 0.05) is 22.6 Å². The average molecular weight is 483 g/mol. The molecule has 2 aromatic carbocycles. The van der Waals surface area contributed by atoms with E-state index in [1.807, 2.05) is 86.0 Å². The van der Waals surface area contributed by atoms with Crippen LogP contribution in [0.25, 0.3) is 23.2 Å². The van der Waals surface area contributed by atoms with E-state index in [0.717, 1.165) is 39.5 Å². The first-order chi connectivity index (χ1) is 17.3. The molecule has 0 aliphatic heterocycles. The second-order valence-electron chi connectivity index (χ2n) is 8.39. The van der Waals surface area contributed by atoms with E-state index < -0.39 is 12.1 Å². The summed E-state index contributed by atoms with van der Waals surface area (Å²) in [4.78, 5) is 12.8. The van der Waals surface area contributed by atoms with Crippen molar-refractivity contribution in [1.82, 2.24) is 14.8 Å². The van der Waals surface area contributed by atoms with Gasteiger partial charge in [0.25, 0.3) is 5.89 Å². The van der Waals surface area contributed by atoms with E-state index in [0.29, 0.717) is 5.89 Å². The number of carbonyl (C=O) groups excluding carboxylic acids is 1. The minimum atomic E-state index is -0.827. The summed E-state index contributed by atoms with van der Waals surface area (Å²) >= 11 is 0. The molecule has 2 heterocycles. The highest BCUT2D eigenvalue weighted by Crippen LogP contribution is 2.26. The normalized spacial score (nSPS) is 12.2. The van der Waals surface area contributed by atoms with Crippen molar-refractivity contribution in [2.75, 3.05) is 7.11 Å². The van der Waals surface area contributed by atoms with Gasteiger partial charge >= 0.3 is 5.97 Å². The summed E-state index contributed by atoms with van der Waals surface area (Å²) < 4.78 is 18.5. The second kappa shape index (κ2) is 10.3. The number of esters is 1. The number of aromatic nitrogens is 3. The Kier molecular flexibility index (Phi) is 7.02. The van der Waals surface area contributed by atoms with Crippen LogP contribution in [0.5, 0.6) is 5.75 Å². The summed E-state index contributed by atoms with van der Waals surface area (Å²) in [6.45, 7) is 7.48. The fourth-order valence-corrected chi connectivity index (χ4v) is 3.92. The van der Waals surface area contributed by atoms with Crippen molar-refractivity contribution in [2.24, 2.45) is 0 Å². The van der Waals surface area contributed by atoms with Gasteiger partial charge in [-0.05, 0) is 81.8 Å². The van der Waals surface area contributed by atoms with Gasteiger partial charge in [-0.2, -0.15) is 5.26 Å². The van der Waals surface area contributed by atoms with Crippen LogP contribution in [0.3, 0.4) is 0 Å². The van der Waals surface area contributed by atoms with Gasteiger partial charge in [0.1, 0.15) is 17.4 Å². The summed E-state index contributed by atoms with van der Waals surface area (Å²) in [6, 6.07) is 19.2. The maximum Gasteiger partial charge on any atom is 0.349 e. The number of rotatable bonds is 7. The number of aryl methyl sites for hydroxylation is 2. The number of nitriles is 1. The average Bonchev–Trinajstić information content (AvgIpc) is 3.47. The van der Waals surface area contributed by atoms with Crippen LogP contribution in [0, 0.1) is 32.1 Å². The van der Waals surface area contributed by atoms with Gasteiger partial charge < -0.3 is 18.5 Å². The van der Waals surface area contributed by atoms with E-state index in [-0.39, 0.29) is 11.5 Å². The van der Waals surface area contributed by atoms with E-state index in [1.54, 1.807) is 14.0 Å². The molecule has 8 heteroatoms. The van der Waals surface area contributed by atoms with Crippen LogP contribution in [0.15, 0.2) is 64.6 Å². The van der Waals surface area contributed by atoms with Gasteiger partial charge in [-0.15, -0.1) is 10.2 Å². The molecule has 0 aliphatic carbocycles. The SMILES string of the molecule is COc1ccc(-n2c(C)cc(/C=C(\C#N)C(=O)OC(C)c3nnc(-c4cccc(C)c4)o3)c2C)cc1. The molecule has 0 spiro atoms. The van der Waals surface area contributed by atoms with Crippen molar-refractivity contribution in [3.8, 4) is 29.0 Å². The Morgan fingerprint density at radius 1 is 1.11 bits per heavy atom. The van der Waals surface area contributed by atoms with Crippen molar-refractivity contribution >= 4 is 12.0 Å². The Morgan fingerprint density at radius 2 is 1.86 bits per heavy atom. The molecule has 0 N–H and O–H groups in total. The zero-order valence-electron chi connectivity index (χ0n) is 20.8. The van der Waals surface area contributed by atoms with Crippen LogP contribution >= 0.6 is 0 Å². The maximum absolute atomic E-state index is 12.8. The zero-order chi connectivity index (χ0) is 25.8. The number of benzene rings is 2. The highest BCUT2D eigenvalue weighted by Gasteiger charge is 2.22. The van der Waals surface area contributed by atoms with Crippen molar-refractivity contribution in [2.45, 2.75) is 33.8 Å². The van der Waals surface area contributed by atoms with Gasteiger partial charge in [0.05, 0.1) is 7.11 Å². The fraction of sp³-hybridized carbons (Fsp3) is 0.214. The summed E-state index contributed by atoms with van der Waals surface area (Å²) in [5, 5.41) is 17.7. The highest BCUT2D eigenvalue weighted by molar-refractivity contribution is 5.98. The molecule has 4 aromatic rings. The van der Waals surface area contributed by atoms with Crippen molar-refractivity contribution in [3.63, 3.8) is 0 Å². The van der Waals surface area contributed by atoms with Crippen molar-refractivity contribution < 1.29 is 18.7 Å². The number of ether oxygens (including phenoxy) is 2. The van der Waals surface area contributed by atoms with E-state index in [2.05, 4.69) is 10.2 Å². The lowest BCUT2D eigenvalue weighted by Crippen LogP contribution is -2.11. The molecular formula is C28H26N4O4. The minimum Gasteiger partial charge on any atom is -0.497 e. The Labute approximate surface area is 209 Å². The molecule has 8 nitrogen and oxygen atoms in total. The van der Waals surface area contributed by atoms with Crippen molar-refractivity contribution in [1.29, 1.82) is 5.26 Å². The standard InChI is InChI=1S/C28H26N4O4/c1-17-7-6-8-21(13-17)27-31-30-26(36-27)20(4)35-28(33)23(16-29)15-22-14-18(2)32(19(22)3)24-9-11-25(34-5)12-10-24/h6-15,20H,1-5H3/b23-15+. The van der Waals surface area contributed by atoms with Crippen LogP contribution in [-0.4, -0.2) is 27.8 Å². The van der Waals surface area contributed by atoms with Crippen LogP contribution in [-0.2, 0) is 9.53 Å². The first-order valence-corrected chi connectivity index (χ1v) is 11.4. The molecule has 4 rings (SSSR count). The number of methoxy groups -OCH3 is 1. The van der Waals surface area contributed by atoms with E-state index >= 15 is 0 Å². The van der Waals surface area contributed by atoms with E-state index in [4.69, 9.17) is 13.9 Å². The van der Waals surface area contributed by atoms with E-state index in [1.165, 1.54) is 6.08 Å². The van der Waals surface area contributed by atoms with Gasteiger partial charge in [-0.1, -0.05) is 17.7 Å². The van der Waals surface area contributed by atoms with Crippen LogP contribution in [0.1, 0.15) is 41.4 Å². The second-order valence-corrected chi connectivity index (χ2v) is 8.39. The van der Waals surface area contributed by atoms with Gasteiger partial charge in [-0.25, -0.2) is 4.79 Å². The van der Waals surface area contributed by atoms with Gasteiger partial charge in [-0.3, -0.25) is 0 Å². The molecular weight excluding hydrogens is 456 g/mol. The summed E-state index contributed by atoms with van der Waals surface area (Å²) in [7, 11) is 1.62. The molecule has 36 heavy (non-hydrogen) atoms. The topological polar surface area (TPSA) is 103 Å². The lowest BCUT2D eigenvalue weighted by Gasteiger charge is -2.11. The van der Waals surface area contributed by atoms with Gasteiger partial charge in [0.15, 0.2) is 6.10 Å². The summed E-state index contributed by atoms with van der Waals surface area (Å²) in [6.07, 6.45) is 0.704. The summed E-state index contributed by atoms with van der Waals surface area (Å²) in [5.41, 5.74) is 5.22. The lowest BCUT2D eigenvalue weighted by molar-refractivity contribution is -0.144. The Morgan fingerprint density at radius 3 is 2.53 bits per heavy atom. The molecule has 182 valence electrons. The first-order valence-electron chi connectivity index (χ1n) is 11.4. The van der Waals surface area contributed by atoms with Crippen LogP contribution in [0.4, 0.5) is 0 Å². The Hall–Kier alpha value is -4.64. The zero-order valence-corrected chi connectivity index (χ0v) is 20.8. The molecule has 1 unspecified atom stereocenters.